The fraction of sp³-hybridized carbons (Fsp3) is 0.538. The lowest BCUT2D eigenvalue weighted by atomic mass is 10.0. The maximum absolute atomic E-state index is 6.22. The molecule has 1 aromatic rings. The molecule has 0 aliphatic rings. The van der Waals surface area contributed by atoms with Gasteiger partial charge in [-0.15, -0.1) is 0 Å². The Hall–Kier alpha value is -0.0500. The topological polar surface area (TPSA) is 12.0 Å². The average Bonchev–Trinajstić information content (AvgIpc) is 2.23. The number of nitrogens with one attached hydrogen (secondary N) is 1. The zero-order chi connectivity index (χ0) is 12.0. The highest BCUT2D eigenvalue weighted by molar-refractivity contribution is 9.10. The summed E-state index contributed by atoms with van der Waals surface area (Å²) in [5, 5.41) is 4.36. The van der Waals surface area contributed by atoms with Crippen LogP contribution in [0.25, 0.3) is 0 Å². The Bertz CT molecular complexity index is 322. The minimum atomic E-state index is 0.536. The maximum atomic E-state index is 6.22. The zero-order valence-corrected chi connectivity index (χ0v) is 12.2. The Morgan fingerprint density at radius 2 is 2.12 bits per heavy atom. The van der Waals surface area contributed by atoms with Crippen LogP contribution in [0, 0.1) is 0 Å². The van der Waals surface area contributed by atoms with Crippen LogP contribution < -0.4 is 5.32 Å². The lowest BCUT2D eigenvalue weighted by molar-refractivity contribution is 0.486. The largest absolute Gasteiger partial charge is 0.314 e. The van der Waals surface area contributed by atoms with Crippen molar-refractivity contribution in [1.29, 1.82) is 0 Å². The summed E-state index contributed by atoms with van der Waals surface area (Å²) in [5.41, 5.74) is 1.23. The minimum Gasteiger partial charge on any atom is -0.314 e. The molecule has 16 heavy (non-hydrogen) atoms. The fourth-order valence-corrected chi connectivity index (χ4v) is 2.62. The molecule has 0 amide bonds. The third-order valence-electron chi connectivity index (χ3n) is 2.61. The molecular weight excluding hydrogens is 286 g/mol. The molecule has 0 aliphatic carbocycles. The van der Waals surface area contributed by atoms with Crippen LogP contribution in [0.2, 0.25) is 5.02 Å². The molecule has 0 heterocycles. The average molecular weight is 305 g/mol. The Labute approximate surface area is 112 Å². The van der Waals surface area contributed by atoms with E-state index in [1.165, 1.54) is 18.4 Å². The molecule has 1 N–H and O–H groups in total. The van der Waals surface area contributed by atoms with Gasteiger partial charge in [0.2, 0.25) is 0 Å². The van der Waals surface area contributed by atoms with Crippen LogP contribution in [-0.4, -0.2) is 12.6 Å². The molecule has 1 rings (SSSR count). The van der Waals surface area contributed by atoms with Crippen molar-refractivity contribution in [3.05, 3.63) is 33.3 Å². The van der Waals surface area contributed by atoms with E-state index >= 15 is 0 Å². The van der Waals surface area contributed by atoms with E-state index in [9.17, 15) is 0 Å². The number of rotatable bonds is 6. The Kier molecular flexibility index (Phi) is 6.40. The minimum absolute atomic E-state index is 0.536. The van der Waals surface area contributed by atoms with Crippen LogP contribution in [0.5, 0.6) is 0 Å². The van der Waals surface area contributed by atoms with Crippen LogP contribution in [-0.2, 0) is 6.42 Å². The summed E-state index contributed by atoms with van der Waals surface area (Å²) in [4.78, 5) is 0. The van der Waals surface area contributed by atoms with Gasteiger partial charge in [0.1, 0.15) is 0 Å². The van der Waals surface area contributed by atoms with Crippen LogP contribution in [0.3, 0.4) is 0 Å². The number of hydrogen-bond donors (Lipinski definition) is 1. The van der Waals surface area contributed by atoms with E-state index in [4.69, 9.17) is 11.6 Å². The summed E-state index contributed by atoms with van der Waals surface area (Å²) in [7, 11) is 0. The van der Waals surface area contributed by atoms with Gasteiger partial charge in [-0.05, 0) is 37.1 Å². The molecule has 1 aromatic carbocycles. The van der Waals surface area contributed by atoms with Gasteiger partial charge in [0.05, 0.1) is 0 Å². The lowest BCUT2D eigenvalue weighted by Crippen LogP contribution is -2.30. The quantitative estimate of drug-likeness (QED) is 0.820. The first-order valence-corrected chi connectivity index (χ1v) is 7.01. The molecule has 1 nitrogen and oxygen atoms in total. The van der Waals surface area contributed by atoms with Gasteiger partial charge in [-0.1, -0.05) is 53.9 Å². The van der Waals surface area contributed by atoms with Crippen molar-refractivity contribution in [3.63, 3.8) is 0 Å². The second kappa shape index (κ2) is 7.31. The van der Waals surface area contributed by atoms with Gasteiger partial charge in [-0.3, -0.25) is 0 Å². The van der Waals surface area contributed by atoms with Crippen molar-refractivity contribution in [2.75, 3.05) is 6.54 Å². The molecular formula is C13H19BrClN. The van der Waals surface area contributed by atoms with Crippen molar-refractivity contribution in [1.82, 2.24) is 5.32 Å². The molecule has 0 saturated carbocycles. The van der Waals surface area contributed by atoms with Crippen LogP contribution in [0.15, 0.2) is 22.7 Å². The molecule has 0 saturated heterocycles. The van der Waals surface area contributed by atoms with E-state index in [0.717, 1.165) is 22.5 Å². The molecule has 1 atom stereocenters. The first kappa shape index (κ1) is 14.0. The number of benzene rings is 1. The number of halogens is 2. The highest BCUT2D eigenvalue weighted by Gasteiger charge is 2.09. The third kappa shape index (κ3) is 4.44. The highest BCUT2D eigenvalue weighted by atomic mass is 79.9. The summed E-state index contributed by atoms with van der Waals surface area (Å²) >= 11 is 9.64. The lowest BCUT2D eigenvalue weighted by Gasteiger charge is -2.17. The third-order valence-corrected chi connectivity index (χ3v) is 3.46. The summed E-state index contributed by atoms with van der Waals surface area (Å²) < 4.78 is 1.04. The van der Waals surface area contributed by atoms with Gasteiger partial charge >= 0.3 is 0 Å². The van der Waals surface area contributed by atoms with E-state index < -0.39 is 0 Å². The molecule has 0 aliphatic heterocycles. The van der Waals surface area contributed by atoms with E-state index in [1.54, 1.807) is 0 Å². The highest BCUT2D eigenvalue weighted by Crippen LogP contribution is 2.23. The van der Waals surface area contributed by atoms with E-state index in [0.29, 0.717) is 6.04 Å². The first-order chi connectivity index (χ1) is 7.67. The van der Waals surface area contributed by atoms with Gasteiger partial charge < -0.3 is 5.32 Å². The summed E-state index contributed by atoms with van der Waals surface area (Å²) in [6.45, 7) is 5.37. The normalized spacial score (nSPS) is 12.8. The molecule has 0 spiro atoms. The van der Waals surface area contributed by atoms with E-state index in [-0.39, 0.29) is 0 Å². The van der Waals surface area contributed by atoms with Crippen LogP contribution >= 0.6 is 27.5 Å². The van der Waals surface area contributed by atoms with Gasteiger partial charge in [-0.2, -0.15) is 0 Å². The molecule has 1 unspecified atom stereocenters. The Balaban J connectivity index is 2.68. The van der Waals surface area contributed by atoms with Crippen molar-refractivity contribution in [2.24, 2.45) is 0 Å². The van der Waals surface area contributed by atoms with Crippen molar-refractivity contribution in [2.45, 2.75) is 39.2 Å². The van der Waals surface area contributed by atoms with Crippen LogP contribution in [0.1, 0.15) is 32.3 Å². The molecule has 0 bridgehead atoms. The summed E-state index contributed by atoms with van der Waals surface area (Å²) in [6.07, 6.45) is 3.40. The Morgan fingerprint density at radius 3 is 2.69 bits per heavy atom. The molecule has 0 radical (unpaired) electrons. The van der Waals surface area contributed by atoms with Gasteiger partial charge in [0, 0.05) is 15.5 Å². The zero-order valence-electron chi connectivity index (χ0n) is 9.89. The van der Waals surface area contributed by atoms with Gasteiger partial charge in [0.15, 0.2) is 0 Å². The van der Waals surface area contributed by atoms with Gasteiger partial charge in [-0.25, -0.2) is 0 Å². The Morgan fingerprint density at radius 1 is 1.38 bits per heavy atom. The first-order valence-electron chi connectivity index (χ1n) is 5.84. The second-order valence-corrected chi connectivity index (χ2v) is 5.31. The van der Waals surface area contributed by atoms with Crippen LogP contribution in [0.4, 0.5) is 0 Å². The van der Waals surface area contributed by atoms with Crippen molar-refractivity contribution in [3.8, 4) is 0 Å². The standard InChI is InChI=1S/C13H19BrClN/c1-3-5-12(16-4-2)8-10-6-7-11(14)9-13(10)15/h6-7,9,12,16H,3-5,8H2,1-2H3. The monoisotopic (exact) mass is 303 g/mol. The smallest absolute Gasteiger partial charge is 0.0449 e. The predicted octanol–water partition coefficient (Wildman–Crippen LogP) is 4.42. The van der Waals surface area contributed by atoms with E-state index in [1.807, 2.05) is 6.07 Å². The summed E-state index contributed by atoms with van der Waals surface area (Å²) in [6, 6.07) is 6.66. The van der Waals surface area contributed by atoms with Crippen molar-refractivity contribution < 1.29 is 0 Å². The molecule has 0 aromatic heterocycles. The predicted molar refractivity (Wildman–Crippen MR) is 75.2 cm³/mol. The summed E-state index contributed by atoms with van der Waals surface area (Å²) in [5.74, 6) is 0. The number of hydrogen-bond acceptors (Lipinski definition) is 1. The second-order valence-electron chi connectivity index (χ2n) is 3.98. The fourth-order valence-electron chi connectivity index (χ4n) is 1.87. The number of likely N-dealkylation sites (N-methyl/N-ethyl adjacent to an activating group) is 1. The van der Waals surface area contributed by atoms with Crippen molar-refractivity contribution >= 4 is 27.5 Å². The molecule has 3 heteroatoms. The SMILES string of the molecule is CCCC(Cc1ccc(Br)cc1Cl)NCC. The van der Waals surface area contributed by atoms with E-state index in [2.05, 4.69) is 47.2 Å². The molecule has 90 valence electrons. The van der Waals surface area contributed by atoms with Gasteiger partial charge in [0.25, 0.3) is 0 Å². The molecule has 0 fully saturated rings. The maximum Gasteiger partial charge on any atom is 0.0449 e.